The van der Waals surface area contributed by atoms with E-state index in [1.807, 2.05) is 30.5 Å². The van der Waals surface area contributed by atoms with Gasteiger partial charge in [-0.3, -0.25) is 4.79 Å². The number of aryl methyl sites for hydroxylation is 1. The molecule has 1 fully saturated rings. The summed E-state index contributed by atoms with van der Waals surface area (Å²) in [5.41, 5.74) is 9.56. The van der Waals surface area contributed by atoms with Crippen LogP contribution in [-0.4, -0.2) is 19.1 Å². The van der Waals surface area contributed by atoms with E-state index in [9.17, 15) is 4.79 Å². The number of rotatable bonds is 4. The van der Waals surface area contributed by atoms with E-state index in [4.69, 9.17) is 10.5 Å². The summed E-state index contributed by atoms with van der Waals surface area (Å²) < 4.78 is 5.46. The van der Waals surface area contributed by atoms with Crippen molar-refractivity contribution in [3.8, 4) is 16.9 Å². The van der Waals surface area contributed by atoms with Gasteiger partial charge in [0, 0.05) is 22.5 Å². The highest BCUT2D eigenvalue weighted by atomic mass is 32.1. The number of hydrogen-bond donors (Lipinski definition) is 2. The van der Waals surface area contributed by atoms with Gasteiger partial charge in [0.15, 0.2) is 0 Å². The molecule has 0 bridgehead atoms. The molecule has 0 saturated heterocycles. The monoisotopic (exact) mass is 330 g/mol. The fourth-order valence-corrected chi connectivity index (χ4v) is 3.98. The molecule has 0 spiro atoms. The van der Waals surface area contributed by atoms with Crippen LogP contribution in [0.25, 0.3) is 11.1 Å². The molecule has 5 heteroatoms. The second kappa shape index (κ2) is 6.62. The highest BCUT2D eigenvalue weighted by molar-refractivity contribution is 7.15. The summed E-state index contributed by atoms with van der Waals surface area (Å²) >= 11 is 1.40. The first kappa shape index (κ1) is 15.9. The number of nitrogen functional groups attached to an aromatic ring is 1. The quantitative estimate of drug-likeness (QED) is 0.891. The Morgan fingerprint density at radius 1 is 1.30 bits per heavy atom. The number of methoxy groups -OCH3 is 1. The molecule has 1 aromatic carbocycles. The third kappa shape index (κ3) is 3.20. The SMILES string of the molecule is COc1ccc(C)cc1-c1csc(N)c1C(=O)NC1CCCC1. The van der Waals surface area contributed by atoms with Gasteiger partial charge in [0.05, 0.1) is 17.7 Å². The molecule has 1 heterocycles. The molecule has 23 heavy (non-hydrogen) atoms. The molecule has 0 unspecified atom stereocenters. The van der Waals surface area contributed by atoms with E-state index in [-0.39, 0.29) is 11.9 Å². The van der Waals surface area contributed by atoms with E-state index in [1.165, 1.54) is 24.2 Å². The van der Waals surface area contributed by atoms with Crippen molar-refractivity contribution in [2.75, 3.05) is 12.8 Å². The molecule has 0 atom stereocenters. The first-order chi connectivity index (χ1) is 11.1. The zero-order valence-electron chi connectivity index (χ0n) is 13.5. The van der Waals surface area contributed by atoms with Crippen LogP contribution in [0.2, 0.25) is 0 Å². The lowest BCUT2D eigenvalue weighted by Crippen LogP contribution is -2.33. The summed E-state index contributed by atoms with van der Waals surface area (Å²) in [4.78, 5) is 12.7. The predicted molar refractivity (Wildman–Crippen MR) is 95.2 cm³/mol. The van der Waals surface area contributed by atoms with Gasteiger partial charge in [-0.05, 0) is 31.9 Å². The smallest absolute Gasteiger partial charge is 0.255 e. The number of nitrogens with two attached hydrogens (primary N) is 1. The van der Waals surface area contributed by atoms with Gasteiger partial charge in [0.2, 0.25) is 0 Å². The molecule has 4 nitrogen and oxygen atoms in total. The Kier molecular flexibility index (Phi) is 4.57. The first-order valence-electron chi connectivity index (χ1n) is 7.93. The van der Waals surface area contributed by atoms with Crippen molar-refractivity contribution in [2.45, 2.75) is 38.6 Å². The average molecular weight is 330 g/mol. The minimum absolute atomic E-state index is 0.0748. The highest BCUT2D eigenvalue weighted by Gasteiger charge is 2.24. The topological polar surface area (TPSA) is 64.3 Å². The van der Waals surface area contributed by atoms with Gasteiger partial charge < -0.3 is 15.8 Å². The number of nitrogens with one attached hydrogen (secondary N) is 1. The van der Waals surface area contributed by atoms with Crippen LogP contribution in [0.5, 0.6) is 5.75 Å². The Balaban J connectivity index is 1.98. The lowest BCUT2D eigenvalue weighted by Gasteiger charge is -2.14. The summed E-state index contributed by atoms with van der Waals surface area (Å²) in [5.74, 6) is 0.678. The molecule has 0 radical (unpaired) electrons. The zero-order valence-corrected chi connectivity index (χ0v) is 14.3. The number of amides is 1. The number of ether oxygens (including phenoxy) is 1. The lowest BCUT2D eigenvalue weighted by atomic mass is 10.00. The van der Waals surface area contributed by atoms with E-state index >= 15 is 0 Å². The van der Waals surface area contributed by atoms with Crippen LogP contribution in [0.1, 0.15) is 41.6 Å². The van der Waals surface area contributed by atoms with E-state index < -0.39 is 0 Å². The third-order valence-electron chi connectivity index (χ3n) is 4.38. The molecular weight excluding hydrogens is 308 g/mol. The number of carbonyl (C=O) groups excluding carboxylic acids is 1. The van der Waals surface area contributed by atoms with Crippen molar-refractivity contribution in [3.05, 3.63) is 34.7 Å². The summed E-state index contributed by atoms with van der Waals surface area (Å²) in [6, 6.07) is 6.23. The van der Waals surface area contributed by atoms with Crippen molar-refractivity contribution < 1.29 is 9.53 Å². The molecule has 1 aliphatic carbocycles. The molecule has 2 aromatic rings. The maximum Gasteiger partial charge on any atom is 0.255 e. The first-order valence-corrected chi connectivity index (χ1v) is 8.81. The Morgan fingerprint density at radius 2 is 2.04 bits per heavy atom. The second-order valence-electron chi connectivity index (χ2n) is 6.05. The Labute approximate surface area is 140 Å². The largest absolute Gasteiger partial charge is 0.496 e. The van der Waals surface area contributed by atoms with Crippen molar-refractivity contribution in [1.29, 1.82) is 0 Å². The second-order valence-corrected chi connectivity index (χ2v) is 6.96. The lowest BCUT2D eigenvalue weighted by molar-refractivity contribution is 0.0940. The van der Waals surface area contributed by atoms with E-state index in [1.54, 1.807) is 7.11 Å². The van der Waals surface area contributed by atoms with Crippen molar-refractivity contribution >= 4 is 22.2 Å². The Bertz CT molecular complexity index is 718. The number of thiophene rings is 1. The van der Waals surface area contributed by atoms with Crippen LogP contribution < -0.4 is 15.8 Å². The van der Waals surface area contributed by atoms with Crippen LogP contribution in [0.4, 0.5) is 5.00 Å². The molecule has 3 N–H and O–H groups in total. The van der Waals surface area contributed by atoms with Gasteiger partial charge in [0.1, 0.15) is 5.75 Å². The van der Waals surface area contributed by atoms with E-state index in [0.29, 0.717) is 10.6 Å². The van der Waals surface area contributed by atoms with Gasteiger partial charge in [-0.1, -0.05) is 24.5 Å². The zero-order chi connectivity index (χ0) is 16.4. The predicted octanol–water partition coefficient (Wildman–Crippen LogP) is 3.99. The van der Waals surface area contributed by atoms with Crippen LogP contribution >= 0.6 is 11.3 Å². The maximum atomic E-state index is 12.7. The molecule has 3 rings (SSSR count). The van der Waals surface area contributed by atoms with Crippen LogP contribution in [0.3, 0.4) is 0 Å². The standard InChI is InChI=1S/C18H22N2O2S/c1-11-7-8-15(22-2)13(9-11)14-10-23-17(19)16(14)18(21)20-12-5-3-4-6-12/h7-10,12H,3-6,19H2,1-2H3,(H,20,21). The molecule has 1 aromatic heterocycles. The van der Waals surface area contributed by atoms with Crippen LogP contribution in [0.15, 0.2) is 23.6 Å². The molecule has 1 amide bonds. The fourth-order valence-electron chi connectivity index (χ4n) is 3.17. The van der Waals surface area contributed by atoms with Crippen molar-refractivity contribution in [2.24, 2.45) is 0 Å². The van der Waals surface area contributed by atoms with Gasteiger partial charge in [-0.25, -0.2) is 0 Å². The van der Waals surface area contributed by atoms with E-state index in [0.717, 1.165) is 35.3 Å². The fraction of sp³-hybridized carbons (Fsp3) is 0.389. The third-order valence-corrected chi connectivity index (χ3v) is 5.19. The van der Waals surface area contributed by atoms with Crippen LogP contribution in [-0.2, 0) is 0 Å². The van der Waals surface area contributed by atoms with Gasteiger partial charge >= 0.3 is 0 Å². The van der Waals surface area contributed by atoms with Crippen LogP contribution in [0, 0.1) is 6.92 Å². The summed E-state index contributed by atoms with van der Waals surface area (Å²) in [5, 5.41) is 5.63. The van der Waals surface area contributed by atoms with Crippen molar-refractivity contribution in [3.63, 3.8) is 0 Å². The van der Waals surface area contributed by atoms with Gasteiger partial charge in [0.25, 0.3) is 5.91 Å². The molecular formula is C18H22N2O2S. The Morgan fingerprint density at radius 3 is 2.74 bits per heavy atom. The highest BCUT2D eigenvalue weighted by Crippen LogP contribution is 2.39. The van der Waals surface area contributed by atoms with Gasteiger partial charge in [-0.2, -0.15) is 0 Å². The Hall–Kier alpha value is -2.01. The van der Waals surface area contributed by atoms with E-state index in [2.05, 4.69) is 5.32 Å². The minimum Gasteiger partial charge on any atom is -0.496 e. The number of hydrogen-bond acceptors (Lipinski definition) is 4. The summed E-state index contributed by atoms with van der Waals surface area (Å²) in [6.07, 6.45) is 4.48. The minimum atomic E-state index is -0.0748. The number of carbonyl (C=O) groups is 1. The molecule has 0 aliphatic heterocycles. The summed E-state index contributed by atoms with van der Waals surface area (Å²) in [6.45, 7) is 2.02. The van der Waals surface area contributed by atoms with Crippen molar-refractivity contribution in [1.82, 2.24) is 5.32 Å². The maximum absolute atomic E-state index is 12.7. The molecule has 122 valence electrons. The summed E-state index contributed by atoms with van der Waals surface area (Å²) in [7, 11) is 1.64. The number of benzene rings is 1. The molecule has 1 aliphatic rings. The van der Waals surface area contributed by atoms with Gasteiger partial charge in [-0.15, -0.1) is 11.3 Å². The normalized spacial score (nSPS) is 14.9. The average Bonchev–Trinajstić information content (AvgIpc) is 3.16. The number of anilines is 1. The molecule has 1 saturated carbocycles.